The maximum atomic E-state index is 13.7. The summed E-state index contributed by atoms with van der Waals surface area (Å²) in [6.07, 6.45) is 0. The number of hydrogen-bond acceptors (Lipinski definition) is 6. The molecule has 0 saturated carbocycles. The van der Waals surface area contributed by atoms with Crippen molar-refractivity contribution in [2.45, 2.75) is 22.9 Å². The van der Waals surface area contributed by atoms with Gasteiger partial charge in [0.25, 0.3) is 0 Å². The minimum Gasteiger partial charge on any atom is -0.480 e. The van der Waals surface area contributed by atoms with Crippen molar-refractivity contribution in [2.24, 2.45) is 0 Å². The van der Waals surface area contributed by atoms with Gasteiger partial charge in [0.15, 0.2) is 23.3 Å². The summed E-state index contributed by atoms with van der Waals surface area (Å²) in [7, 11) is -9.47. The number of rotatable bonds is 12. The van der Waals surface area contributed by atoms with E-state index in [1.807, 2.05) is 0 Å². The summed E-state index contributed by atoms with van der Waals surface area (Å²) in [4.78, 5) is 21.4. The molecule has 3 aromatic rings. The van der Waals surface area contributed by atoms with E-state index in [0.29, 0.717) is 32.9 Å². The van der Waals surface area contributed by atoms with Crippen LogP contribution >= 0.6 is 0 Å². The largest absolute Gasteiger partial charge is 0.480 e. The van der Waals surface area contributed by atoms with Gasteiger partial charge >= 0.3 is 11.9 Å². The number of carbonyl (C=O) groups is 2. The minimum absolute atomic E-state index is 0.0331. The van der Waals surface area contributed by atoms with Gasteiger partial charge in [0.1, 0.15) is 13.1 Å². The van der Waals surface area contributed by atoms with Gasteiger partial charge in [0.2, 0.25) is 20.0 Å². The Balaban J connectivity index is 2.03. The molecule has 0 radical (unpaired) electrons. The van der Waals surface area contributed by atoms with E-state index in [2.05, 4.69) is 0 Å². The monoisotopic (exact) mass is 604 g/mol. The highest BCUT2D eigenvalue weighted by Gasteiger charge is 2.31. The molecule has 0 saturated heterocycles. The van der Waals surface area contributed by atoms with Gasteiger partial charge in [-0.1, -0.05) is 24.3 Å². The molecule has 0 fully saturated rings. The van der Waals surface area contributed by atoms with Crippen molar-refractivity contribution in [1.29, 1.82) is 0 Å². The van der Waals surface area contributed by atoms with Gasteiger partial charge in [-0.2, -0.15) is 8.61 Å². The van der Waals surface area contributed by atoms with Crippen LogP contribution in [0.4, 0.5) is 17.6 Å². The van der Waals surface area contributed by atoms with Crippen LogP contribution in [-0.4, -0.2) is 60.7 Å². The summed E-state index contributed by atoms with van der Waals surface area (Å²) < 4.78 is 108. The fraction of sp³-hybridized carbons (Fsp3) is 0.167. The van der Waals surface area contributed by atoms with Crippen molar-refractivity contribution >= 4 is 32.0 Å². The van der Waals surface area contributed by atoms with Crippen molar-refractivity contribution in [1.82, 2.24) is 8.61 Å². The number of halogens is 4. The molecule has 214 valence electrons. The molecule has 2 N–H and O–H groups in total. The number of carboxylic acid groups (broad SMARTS) is 2. The SMILES string of the molecule is O=C(O)CN(Cc1ccccc1CN(CC(=O)O)S(=O)(=O)c1ccc(F)c(F)c1)S(=O)(=O)c1ccc(F)c(F)c1. The summed E-state index contributed by atoms with van der Waals surface area (Å²) in [6, 6.07) is 8.74. The third-order valence-electron chi connectivity index (χ3n) is 5.49. The van der Waals surface area contributed by atoms with Gasteiger partial charge in [-0.3, -0.25) is 9.59 Å². The standard InChI is InChI=1S/C24H20F4N2O8S2/c25-19-7-5-17(9-21(19)27)39(35,36)29(13-23(31)32)11-15-3-1-2-4-16(15)12-30(14-24(33)34)40(37,38)18-6-8-20(26)22(28)10-18/h1-10H,11-14H2,(H,31,32)(H,33,34). The number of carboxylic acids is 2. The second-order valence-electron chi connectivity index (χ2n) is 8.25. The normalized spacial score (nSPS) is 12.2. The molecule has 0 unspecified atom stereocenters. The van der Waals surface area contributed by atoms with Crippen molar-refractivity contribution in [3.63, 3.8) is 0 Å². The summed E-state index contributed by atoms with van der Waals surface area (Å²) in [5.41, 5.74) is 0.0663. The first-order valence-corrected chi connectivity index (χ1v) is 13.9. The lowest BCUT2D eigenvalue weighted by Crippen LogP contribution is -2.37. The highest BCUT2D eigenvalue weighted by molar-refractivity contribution is 7.89. The van der Waals surface area contributed by atoms with Gasteiger partial charge in [-0.15, -0.1) is 0 Å². The summed E-state index contributed by atoms with van der Waals surface area (Å²) in [5.74, 6) is -8.87. The van der Waals surface area contributed by atoms with Crippen molar-refractivity contribution in [3.05, 3.63) is 95.1 Å². The first-order valence-electron chi connectivity index (χ1n) is 11.0. The molecule has 0 heterocycles. The van der Waals surface area contributed by atoms with Crippen LogP contribution in [0.2, 0.25) is 0 Å². The molecular weight excluding hydrogens is 584 g/mol. The van der Waals surface area contributed by atoms with Gasteiger partial charge < -0.3 is 10.2 Å². The molecule has 0 aromatic heterocycles. The quantitative estimate of drug-likeness (QED) is 0.300. The third-order valence-corrected chi connectivity index (χ3v) is 9.07. The third kappa shape index (κ3) is 7.01. The van der Waals surface area contributed by atoms with Crippen LogP contribution in [0, 0.1) is 23.3 Å². The van der Waals surface area contributed by atoms with E-state index in [1.165, 1.54) is 24.3 Å². The molecule has 0 aliphatic rings. The summed E-state index contributed by atoms with van der Waals surface area (Å²) in [6.45, 7) is -3.64. The molecule has 0 atom stereocenters. The second kappa shape index (κ2) is 12.1. The van der Waals surface area contributed by atoms with Crippen LogP contribution in [-0.2, 0) is 42.7 Å². The second-order valence-corrected chi connectivity index (χ2v) is 12.1. The smallest absolute Gasteiger partial charge is 0.318 e. The van der Waals surface area contributed by atoms with Gasteiger partial charge in [0.05, 0.1) is 9.79 Å². The number of aliphatic carboxylic acids is 2. The van der Waals surface area contributed by atoms with Crippen molar-refractivity contribution in [3.8, 4) is 0 Å². The van der Waals surface area contributed by atoms with Crippen molar-refractivity contribution in [2.75, 3.05) is 13.1 Å². The van der Waals surface area contributed by atoms with E-state index in [-0.39, 0.29) is 11.1 Å². The Bertz CT molecular complexity index is 1540. The van der Waals surface area contributed by atoms with E-state index < -0.39 is 91.2 Å². The van der Waals surface area contributed by atoms with Crippen LogP contribution in [0.15, 0.2) is 70.5 Å². The maximum Gasteiger partial charge on any atom is 0.318 e. The Hall–Kier alpha value is -3.86. The first kappa shape index (κ1) is 30.7. The highest BCUT2D eigenvalue weighted by atomic mass is 32.2. The van der Waals surface area contributed by atoms with Crippen LogP contribution in [0.25, 0.3) is 0 Å². The van der Waals surface area contributed by atoms with E-state index in [4.69, 9.17) is 0 Å². The minimum atomic E-state index is -4.74. The molecule has 16 heteroatoms. The molecule has 0 bridgehead atoms. The molecule has 3 aromatic carbocycles. The Morgan fingerprint density at radius 2 is 0.950 bits per heavy atom. The van der Waals surface area contributed by atoms with Gasteiger partial charge in [-0.25, -0.2) is 34.4 Å². The molecule has 0 amide bonds. The van der Waals surface area contributed by atoms with Crippen LogP contribution < -0.4 is 0 Å². The van der Waals surface area contributed by atoms with Crippen LogP contribution in [0.3, 0.4) is 0 Å². The molecule has 0 spiro atoms. The molecule has 3 rings (SSSR count). The average Bonchev–Trinajstić information content (AvgIpc) is 2.86. The Kier molecular flexibility index (Phi) is 9.29. The van der Waals surface area contributed by atoms with Gasteiger partial charge in [0, 0.05) is 13.1 Å². The van der Waals surface area contributed by atoms with E-state index in [0.717, 1.165) is 12.1 Å². The highest BCUT2D eigenvalue weighted by Crippen LogP contribution is 2.25. The number of hydrogen-bond donors (Lipinski definition) is 2. The Morgan fingerprint density at radius 3 is 1.25 bits per heavy atom. The molecule has 10 nitrogen and oxygen atoms in total. The predicted octanol–water partition coefficient (Wildman–Crippen LogP) is 2.79. The fourth-order valence-electron chi connectivity index (χ4n) is 3.57. The van der Waals surface area contributed by atoms with Crippen LogP contribution in [0.1, 0.15) is 11.1 Å². The maximum absolute atomic E-state index is 13.7. The lowest BCUT2D eigenvalue weighted by atomic mass is 10.1. The number of nitrogens with zero attached hydrogens (tertiary/aromatic N) is 2. The fourth-order valence-corrected chi connectivity index (χ4v) is 6.33. The van der Waals surface area contributed by atoms with Crippen molar-refractivity contribution < 1.29 is 54.2 Å². The lowest BCUT2D eigenvalue weighted by molar-refractivity contribution is -0.138. The van der Waals surface area contributed by atoms with E-state index in [1.54, 1.807) is 0 Å². The zero-order chi connectivity index (χ0) is 29.8. The Labute approximate surface area is 225 Å². The number of sulfonamides is 2. The molecule has 0 aliphatic carbocycles. The average molecular weight is 605 g/mol. The lowest BCUT2D eigenvalue weighted by Gasteiger charge is -2.25. The number of benzene rings is 3. The van der Waals surface area contributed by atoms with Crippen LogP contribution in [0.5, 0.6) is 0 Å². The topological polar surface area (TPSA) is 149 Å². The Morgan fingerprint density at radius 1 is 0.600 bits per heavy atom. The zero-order valence-electron chi connectivity index (χ0n) is 20.2. The molecule has 0 aliphatic heterocycles. The summed E-state index contributed by atoms with van der Waals surface area (Å²) in [5, 5.41) is 18.6. The first-order chi connectivity index (χ1) is 18.6. The van der Waals surface area contributed by atoms with Gasteiger partial charge in [-0.05, 0) is 47.5 Å². The zero-order valence-corrected chi connectivity index (χ0v) is 21.8. The summed E-state index contributed by atoms with van der Waals surface area (Å²) >= 11 is 0. The van der Waals surface area contributed by atoms with E-state index >= 15 is 0 Å². The molecular formula is C24H20F4N2O8S2. The molecule has 40 heavy (non-hydrogen) atoms. The predicted molar refractivity (Wildman–Crippen MR) is 130 cm³/mol. The van der Waals surface area contributed by atoms with E-state index in [9.17, 15) is 54.2 Å².